The zero-order valence-electron chi connectivity index (χ0n) is 48.7. The fourth-order valence-corrected chi connectivity index (χ4v) is 11.6. The third-order valence-corrected chi connectivity index (χ3v) is 15.7. The van der Waals surface area contributed by atoms with Crippen LogP contribution >= 0.6 is 12.0 Å². The number of hydrogen-bond acceptors (Lipinski definition) is 12. The van der Waals surface area contributed by atoms with Gasteiger partial charge in [0.05, 0.1) is 47.2 Å². The van der Waals surface area contributed by atoms with Gasteiger partial charge in [0.15, 0.2) is 11.5 Å². The second kappa shape index (κ2) is 30.4. The summed E-state index contributed by atoms with van der Waals surface area (Å²) in [6, 6.07) is 19.3. The highest BCUT2D eigenvalue weighted by atomic mass is 32.2. The van der Waals surface area contributed by atoms with Gasteiger partial charge in [0.2, 0.25) is 17.7 Å². The highest BCUT2D eigenvalue weighted by molar-refractivity contribution is 7.94. The number of carbonyl (C=O) groups excluding carboxylic acids is 5. The zero-order chi connectivity index (χ0) is 59.7. The molecule has 0 aliphatic carbocycles. The molecule has 4 aromatic rings. The average Bonchev–Trinajstić information content (AvgIpc) is 1.85. The summed E-state index contributed by atoms with van der Waals surface area (Å²) in [6.07, 6.45) is 11.4. The molecule has 7 rings (SSSR count). The van der Waals surface area contributed by atoms with Crippen molar-refractivity contribution in [2.24, 2.45) is 0 Å². The summed E-state index contributed by atoms with van der Waals surface area (Å²) in [5.41, 5.74) is 8.06. The lowest BCUT2D eigenvalue weighted by atomic mass is 9.75. The first-order valence-corrected chi connectivity index (χ1v) is 29.9. The molecule has 18 nitrogen and oxygen atoms in total. The van der Waals surface area contributed by atoms with E-state index in [4.69, 9.17) is 14.6 Å². The van der Waals surface area contributed by atoms with E-state index in [1.54, 1.807) is 24.3 Å². The maximum Gasteiger partial charge on any atom is 0.737 e. The average molecular weight is 1170 g/mol. The molecule has 0 saturated carbocycles. The van der Waals surface area contributed by atoms with Crippen LogP contribution in [0.4, 0.5) is 8.63 Å². The molecule has 0 bridgehead atoms. The monoisotopic (exact) mass is 1170 g/mol. The highest BCUT2D eigenvalue weighted by Gasteiger charge is 2.54. The van der Waals surface area contributed by atoms with E-state index in [0.717, 1.165) is 76.3 Å². The van der Waals surface area contributed by atoms with Gasteiger partial charge in [-0.2, -0.15) is 0 Å². The van der Waals surface area contributed by atoms with Crippen molar-refractivity contribution in [3.8, 4) is 5.75 Å². The highest BCUT2D eigenvalue weighted by Crippen LogP contribution is 2.40. The molecule has 4 heterocycles. The lowest BCUT2D eigenvalue weighted by Crippen LogP contribution is -2.51. The van der Waals surface area contributed by atoms with Crippen LogP contribution in [-0.4, -0.2) is 139 Å². The summed E-state index contributed by atoms with van der Waals surface area (Å²) in [4.78, 5) is 66.2. The van der Waals surface area contributed by atoms with Crippen molar-refractivity contribution >= 4 is 72.8 Å². The molecule has 0 spiro atoms. The molecule has 0 radical (unpaired) electrons. The van der Waals surface area contributed by atoms with E-state index in [1.807, 2.05) is 68.5 Å². The van der Waals surface area contributed by atoms with Crippen LogP contribution in [0.1, 0.15) is 144 Å². The van der Waals surface area contributed by atoms with Crippen molar-refractivity contribution in [1.29, 1.82) is 0 Å². The number of hydrogen-bond donors (Lipinski definition) is 6. The molecular weight excluding hydrogens is 1090 g/mol. The number of benzene rings is 3. The van der Waals surface area contributed by atoms with Crippen molar-refractivity contribution in [1.82, 2.24) is 25.7 Å². The van der Waals surface area contributed by atoms with E-state index >= 15 is 8.63 Å². The van der Waals surface area contributed by atoms with Gasteiger partial charge in [0.1, 0.15) is 17.5 Å². The third-order valence-electron chi connectivity index (χ3n) is 15.1. The van der Waals surface area contributed by atoms with Gasteiger partial charge in [-0.25, -0.2) is 5.26 Å². The van der Waals surface area contributed by atoms with Gasteiger partial charge in [0.25, 0.3) is 5.91 Å². The van der Waals surface area contributed by atoms with Crippen LogP contribution in [0.15, 0.2) is 84.1 Å². The number of methoxy groups -OCH3 is 1. The van der Waals surface area contributed by atoms with E-state index in [-0.39, 0.29) is 62.9 Å². The number of allylic oxidation sites excluding steroid dienone is 2. The van der Waals surface area contributed by atoms with E-state index in [0.29, 0.717) is 107 Å². The number of quaternary nitrogens is 1. The van der Waals surface area contributed by atoms with Crippen molar-refractivity contribution in [2.45, 2.75) is 123 Å². The molecule has 0 fully saturated rings. The molecular formula is C60H80B2F2N7O11S+. The van der Waals surface area contributed by atoms with E-state index in [2.05, 4.69) is 51.8 Å². The summed E-state index contributed by atoms with van der Waals surface area (Å²) in [7, 11) is 6.51. The Bertz CT molecular complexity index is 3040. The van der Waals surface area contributed by atoms with Gasteiger partial charge in [-0.05, 0) is 97.9 Å². The number of fused-ring (bicyclic) bond motifs is 3. The number of nitrogens with one attached hydrogen (secondary N) is 4. The largest absolute Gasteiger partial charge is 0.737 e. The second-order valence-electron chi connectivity index (χ2n) is 22.4. The van der Waals surface area contributed by atoms with Crippen LogP contribution in [0.5, 0.6) is 5.75 Å². The molecule has 3 aromatic carbocycles. The number of carbonyl (C=O) groups is 5. The van der Waals surface area contributed by atoms with Crippen molar-refractivity contribution in [3.05, 3.63) is 134 Å². The topological polar surface area (TPSA) is 219 Å². The molecule has 3 aliphatic rings. The van der Waals surface area contributed by atoms with Crippen LogP contribution in [0.3, 0.4) is 0 Å². The Labute approximate surface area is 490 Å². The maximum absolute atomic E-state index is 17.1. The van der Waals surface area contributed by atoms with Crippen LogP contribution in [0.2, 0.25) is 0 Å². The molecule has 83 heavy (non-hydrogen) atoms. The number of amides is 4. The number of rotatable bonds is 34. The predicted molar refractivity (Wildman–Crippen MR) is 318 cm³/mol. The number of halogens is 2. The van der Waals surface area contributed by atoms with Crippen LogP contribution in [0, 0.1) is 0 Å². The third kappa shape index (κ3) is 16.9. The Kier molecular flexibility index (Phi) is 23.5. The Hall–Kier alpha value is -6.46. The minimum absolute atomic E-state index is 0.0114. The number of ether oxygens (including phenoxy) is 1. The summed E-state index contributed by atoms with van der Waals surface area (Å²) in [6.45, 7) is 1.02. The summed E-state index contributed by atoms with van der Waals surface area (Å²) >= 11 is 0.585. The molecule has 1 unspecified atom stereocenters. The van der Waals surface area contributed by atoms with Crippen LogP contribution < -0.4 is 31.5 Å². The molecule has 3 aliphatic heterocycles. The zero-order valence-corrected chi connectivity index (χ0v) is 49.5. The quantitative estimate of drug-likeness (QED) is 0.00528. The first-order valence-electron chi connectivity index (χ1n) is 28.9. The number of unbranched alkanes of at least 4 members (excludes halogenated alkanes) is 2. The molecule has 6 N–H and O–H groups in total. The Balaban J connectivity index is 0.854. The SMILES string of the molecule is CCCC1=CC(CCC(=O)NC(CSOOO)C(=O)NCCCCC(=O)NCCNC(=O)c2cc(CCCCc3ccc(C(=O)c4ccccc4)cc3)c(OC)c3c2COB3O)=[N+]2C1=Cc1c(CCC)cc(CCC[N+](C)(C)C)n1[B-]2(F)F. The van der Waals surface area contributed by atoms with Gasteiger partial charge in [-0.3, -0.25) is 24.0 Å². The number of aromatic nitrogens is 1. The summed E-state index contributed by atoms with van der Waals surface area (Å²) in [5.74, 6) is -1.46. The normalized spacial score (nSPS) is 14.6. The van der Waals surface area contributed by atoms with E-state index < -0.39 is 37.9 Å². The molecule has 0 saturated heterocycles. The van der Waals surface area contributed by atoms with Gasteiger partial charge in [0, 0.05) is 103 Å². The molecule has 446 valence electrons. The number of aryl methyl sites for hydroxylation is 4. The fraction of sp³-hybridized carbons (Fsp3) is 0.467. The van der Waals surface area contributed by atoms with E-state index in [1.165, 1.54) is 11.6 Å². The maximum atomic E-state index is 17.1. The Morgan fingerprint density at radius 1 is 0.807 bits per heavy atom. The van der Waals surface area contributed by atoms with E-state index in [9.17, 15) is 29.0 Å². The first kappa shape index (κ1) is 64.1. The first-order chi connectivity index (χ1) is 39.9. The molecule has 1 aromatic heterocycles. The lowest BCUT2D eigenvalue weighted by Gasteiger charge is -2.32. The number of ketones is 1. The lowest BCUT2D eigenvalue weighted by molar-refractivity contribution is -0.870. The van der Waals surface area contributed by atoms with Gasteiger partial charge in [-0.15, -0.1) is 4.33 Å². The fourth-order valence-electron chi connectivity index (χ4n) is 11.1. The minimum atomic E-state index is -4.31. The van der Waals surface area contributed by atoms with Gasteiger partial charge in [-0.1, -0.05) is 86.3 Å². The van der Waals surface area contributed by atoms with Crippen LogP contribution in [0.25, 0.3) is 6.08 Å². The summed E-state index contributed by atoms with van der Waals surface area (Å²) in [5, 5.41) is 34.3. The standard InChI is InChI=1S/C60H79B2F2N7O11S/c1-7-17-44-35-47(23-16-34-71(3,4)5)69-52(44)38-53-45(18-8-2)36-48(70(53)62(69,63)64)29-30-55(73)68-51(40-83-82-81-78)60(76)66-31-15-14-24-54(72)65-32-33-67-59(75)49-37-46(58(79-6)56-50(49)39-80-61(56)77)22-13-12-19-41-25-27-43(28-26-41)57(74)42-20-10-9-11-21-42/h9-11,20-21,25-28,35-38,51,77H,7-8,12-19,22-24,29-34,39-40H2,1-6H3,(H4-,65,66,67,68,72,73,75,76,78)/p+1. The molecule has 23 heteroatoms. The number of nitrogens with zero attached hydrogens (tertiary/aromatic N) is 3. The van der Waals surface area contributed by atoms with Crippen molar-refractivity contribution in [2.75, 3.05) is 60.2 Å². The second-order valence-corrected chi connectivity index (χ2v) is 23.1. The smallest absolute Gasteiger partial charge is 0.497 e. The van der Waals surface area contributed by atoms with Gasteiger partial charge >= 0.3 is 14.1 Å². The predicted octanol–water partition coefficient (Wildman–Crippen LogP) is 7.04. The minimum Gasteiger partial charge on any atom is -0.497 e. The van der Waals surface area contributed by atoms with Gasteiger partial charge < -0.3 is 57.8 Å². The Morgan fingerprint density at radius 2 is 1.53 bits per heavy atom. The molecule has 4 amide bonds. The summed E-state index contributed by atoms with van der Waals surface area (Å²) < 4.78 is 53.2. The molecule has 1 atom stereocenters. The van der Waals surface area contributed by atoms with Crippen molar-refractivity contribution in [3.63, 3.8) is 0 Å². The van der Waals surface area contributed by atoms with Crippen LogP contribution in [-0.2, 0) is 60.7 Å². The van der Waals surface area contributed by atoms with Crippen molar-refractivity contribution < 1.29 is 70.6 Å². The Morgan fingerprint density at radius 3 is 2.24 bits per heavy atom.